The molecule has 0 aliphatic carbocycles. The number of benzene rings is 2. The summed E-state index contributed by atoms with van der Waals surface area (Å²) in [6.45, 7) is 4.32. The van der Waals surface area contributed by atoms with E-state index in [4.69, 9.17) is 9.41 Å². The van der Waals surface area contributed by atoms with Gasteiger partial charge in [0.2, 0.25) is 0 Å². The average Bonchev–Trinajstić information content (AvgIpc) is 3.45. The van der Waals surface area contributed by atoms with Gasteiger partial charge in [-0.1, -0.05) is 37.8 Å². The molecule has 3 heterocycles. The number of fused-ring (bicyclic) bond motifs is 3. The number of aliphatic imine (C=N–C) groups is 1. The van der Waals surface area contributed by atoms with Gasteiger partial charge < -0.3 is 4.42 Å². The maximum atomic E-state index is 11.8. The van der Waals surface area contributed by atoms with Gasteiger partial charge in [-0.3, -0.25) is 19.7 Å². The molecule has 0 radical (unpaired) electrons. The Morgan fingerprint density at radius 2 is 2.03 bits per heavy atom. The Labute approximate surface area is 189 Å². The summed E-state index contributed by atoms with van der Waals surface area (Å²) in [5.41, 5.74) is 4.81. The molecule has 0 amide bonds. The van der Waals surface area contributed by atoms with Crippen molar-refractivity contribution in [2.45, 2.75) is 20.4 Å². The summed E-state index contributed by atoms with van der Waals surface area (Å²) < 4.78 is 7.41. The van der Waals surface area contributed by atoms with Crippen LogP contribution in [0.3, 0.4) is 0 Å². The topological polar surface area (TPSA) is 99.3 Å². The zero-order valence-corrected chi connectivity index (χ0v) is 18.0. The second-order valence-electron chi connectivity index (χ2n) is 7.87. The van der Waals surface area contributed by atoms with Gasteiger partial charge in [0.15, 0.2) is 12.2 Å². The van der Waals surface area contributed by atoms with Gasteiger partial charge in [-0.25, -0.2) is 9.97 Å². The van der Waals surface area contributed by atoms with E-state index in [0.29, 0.717) is 22.7 Å². The van der Waals surface area contributed by atoms with Crippen molar-refractivity contribution in [3.8, 4) is 29.0 Å². The molecule has 4 aromatic rings. The minimum atomic E-state index is -0.382. The second kappa shape index (κ2) is 8.20. The van der Waals surface area contributed by atoms with Crippen molar-refractivity contribution in [2.75, 3.05) is 0 Å². The standard InChI is InChI=1S/C25H19N5O3/c1-16(2)7-8-17-9-10-20-19(11-17)24(18-5-3-4-6-21(18)30(31)32)27-12-22-25(28-14-29(20)22)23-13-26-15-33-23/h3-6,9-11,13-16H,12H2,1-2H3. The van der Waals surface area contributed by atoms with E-state index in [1.165, 1.54) is 12.5 Å². The van der Waals surface area contributed by atoms with Crippen LogP contribution in [0.25, 0.3) is 17.1 Å². The molecule has 0 atom stereocenters. The van der Waals surface area contributed by atoms with Crippen molar-refractivity contribution in [2.24, 2.45) is 10.9 Å². The van der Waals surface area contributed by atoms with Crippen LogP contribution in [0.1, 0.15) is 36.2 Å². The molecule has 8 heteroatoms. The van der Waals surface area contributed by atoms with Crippen molar-refractivity contribution >= 4 is 11.4 Å². The number of oxazole rings is 1. The predicted octanol–water partition coefficient (Wildman–Crippen LogP) is 4.79. The van der Waals surface area contributed by atoms with Crippen molar-refractivity contribution in [3.05, 3.63) is 93.9 Å². The third kappa shape index (κ3) is 3.70. The molecule has 0 spiro atoms. The summed E-state index contributed by atoms with van der Waals surface area (Å²) in [5, 5.41) is 11.8. The van der Waals surface area contributed by atoms with Crippen LogP contribution in [0.5, 0.6) is 0 Å². The van der Waals surface area contributed by atoms with Gasteiger partial charge in [-0.15, -0.1) is 0 Å². The molecule has 2 aromatic heterocycles. The Balaban J connectivity index is 1.76. The molecular formula is C25H19N5O3. The first kappa shape index (κ1) is 20.4. The lowest BCUT2D eigenvalue weighted by Gasteiger charge is -2.12. The summed E-state index contributed by atoms with van der Waals surface area (Å²) in [6.07, 6.45) is 4.67. The van der Waals surface area contributed by atoms with E-state index < -0.39 is 0 Å². The van der Waals surface area contributed by atoms with Crippen molar-refractivity contribution in [1.29, 1.82) is 0 Å². The fourth-order valence-corrected chi connectivity index (χ4v) is 3.81. The molecule has 5 rings (SSSR count). The molecule has 0 unspecified atom stereocenters. The van der Waals surface area contributed by atoms with Crippen LogP contribution in [0.2, 0.25) is 0 Å². The predicted molar refractivity (Wildman–Crippen MR) is 123 cm³/mol. The highest BCUT2D eigenvalue weighted by Crippen LogP contribution is 2.33. The fourth-order valence-electron chi connectivity index (χ4n) is 3.81. The Hall–Kier alpha value is -4.51. The van der Waals surface area contributed by atoms with Crippen LogP contribution in [0.15, 0.2) is 70.8 Å². The minimum absolute atomic E-state index is 0.000955. The number of nitrogens with zero attached hydrogens (tertiary/aromatic N) is 5. The van der Waals surface area contributed by atoms with Crippen LogP contribution in [0, 0.1) is 27.9 Å². The van der Waals surface area contributed by atoms with Crippen molar-refractivity contribution in [1.82, 2.24) is 14.5 Å². The Morgan fingerprint density at radius 1 is 1.18 bits per heavy atom. The van der Waals surface area contributed by atoms with E-state index >= 15 is 0 Å². The molecule has 0 saturated heterocycles. The van der Waals surface area contributed by atoms with Crippen LogP contribution in [-0.4, -0.2) is 25.2 Å². The summed E-state index contributed by atoms with van der Waals surface area (Å²) in [6, 6.07) is 12.5. The van der Waals surface area contributed by atoms with Gasteiger partial charge >= 0.3 is 0 Å². The number of nitro groups is 1. The lowest BCUT2D eigenvalue weighted by molar-refractivity contribution is -0.385. The highest BCUT2D eigenvalue weighted by atomic mass is 16.6. The number of nitro benzene ring substituents is 1. The fraction of sp³-hybridized carbons (Fsp3) is 0.160. The SMILES string of the molecule is CC(C)C#Cc1ccc2c(c1)C(c1ccccc1[N+](=O)[O-])=NCc1c(-c3cnco3)ncn1-2. The van der Waals surface area contributed by atoms with Crippen LogP contribution in [0.4, 0.5) is 5.69 Å². The molecule has 0 fully saturated rings. The van der Waals surface area contributed by atoms with Gasteiger partial charge in [-0.2, -0.15) is 0 Å². The van der Waals surface area contributed by atoms with E-state index in [2.05, 4.69) is 21.8 Å². The molecular weight excluding hydrogens is 418 g/mol. The van der Waals surface area contributed by atoms with Gasteiger partial charge in [0.25, 0.3) is 5.69 Å². The summed E-state index contributed by atoms with van der Waals surface area (Å²) in [4.78, 5) is 24.8. The zero-order valence-electron chi connectivity index (χ0n) is 18.0. The zero-order chi connectivity index (χ0) is 22.9. The second-order valence-corrected chi connectivity index (χ2v) is 7.87. The Bertz CT molecular complexity index is 1450. The van der Waals surface area contributed by atoms with Gasteiger partial charge in [-0.05, 0) is 24.3 Å². The molecule has 1 aliphatic heterocycles. The van der Waals surface area contributed by atoms with Gasteiger partial charge in [0.05, 0.1) is 40.3 Å². The third-order valence-electron chi connectivity index (χ3n) is 5.29. The van der Waals surface area contributed by atoms with Crippen LogP contribution in [-0.2, 0) is 6.54 Å². The summed E-state index contributed by atoms with van der Waals surface area (Å²) >= 11 is 0. The lowest BCUT2D eigenvalue weighted by atomic mass is 9.97. The molecule has 8 nitrogen and oxygen atoms in total. The van der Waals surface area contributed by atoms with E-state index in [9.17, 15) is 10.1 Å². The quantitative estimate of drug-likeness (QED) is 0.261. The van der Waals surface area contributed by atoms with Gasteiger partial charge in [0.1, 0.15) is 12.0 Å². The molecule has 33 heavy (non-hydrogen) atoms. The number of hydrogen-bond donors (Lipinski definition) is 0. The highest BCUT2D eigenvalue weighted by molar-refractivity contribution is 6.17. The monoisotopic (exact) mass is 437 g/mol. The largest absolute Gasteiger partial charge is 0.442 e. The first-order chi connectivity index (χ1) is 16.0. The highest BCUT2D eigenvalue weighted by Gasteiger charge is 2.27. The van der Waals surface area contributed by atoms with Crippen LogP contribution < -0.4 is 0 Å². The van der Waals surface area contributed by atoms with E-state index in [1.807, 2.05) is 36.6 Å². The van der Waals surface area contributed by atoms with E-state index in [0.717, 1.165) is 22.5 Å². The first-order valence-corrected chi connectivity index (χ1v) is 10.4. The molecule has 0 saturated carbocycles. The summed E-state index contributed by atoms with van der Waals surface area (Å²) in [7, 11) is 0. The average molecular weight is 437 g/mol. The summed E-state index contributed by atoms with van der Waals surface area (Å²) in [5.74, 6) is 7.12. The van der Waals surface area contributed by atoms with Crippen molar-refractivity contribution < 1.29 is 9.34 Å². The first-order valence-electron chi connectivity index (χ1n) is 10.4. The van der Waals surface area contributed by atoms with Gasteiger partial charge in [0, 0.05) is 23.1 Å². The van der Waals surface area contributed by atoms with E-state index in [-0.39, 0.29) is 23.1 Å². The maximum absolute atomic E-state index is 11.8. The number of imidazole rings is 1. The normalized spacial score (nSPS) is 12.3. The number of aromatic nitrogens is 3. The molecule has 2 aromatic carbocycles. The van der Waals surface area contributed by atoms with Crippen molar-refractivity contribution in [3.63, 3.8) is 0 Å². The molecule has 0 N–H and O–H groups in total. The Kier molecular flexibility index (Phi) is 5.07. The maximum Gasteiger partial charge on any atom is 0.278 e. The minimum Gasteiger partial charge on any atom is -0.442 e. The smallest absolute Gasteiger partial charge is 0.278 e. The van der Waals surface area contributed by atoms with E-state index in [1.54, 1.807) is 30.7 Å². The van der Waals surface area contributed by atoms with Crippen LogP contribution >= 0.6 is 0 Å². The number of para-hydroxylation sites is 1. The lowest BCUT2D eigenvalue weighted by Crippen LogP contribution is -2.09. The molecule has 0 bridgehead atoms. The number of hydrogen-bond acceptors (Lipinski definition) is 6. The third-order valence-corrected chi connectivity index (χ3v) is 5.29. The number of rotatable bonds is 3. The molecule has 162 valence electrons. The Morgan fingerprint density at radius 3 is 2.79 bits per heavy atom. The molecule has 1 aliphatic rings.